The maximum Gasteiger partial charge on any atom is 0.319 e. The van der Waals surface area contributed by atoms with Gasteiger partial charge in [0, 0.05) is 23.0 Å². The highest BCUT2D eigenvalue weighted by atomic mass is 19.1. The number of hydrogen-bond donors (Lipinski definition) is 3. The maximum absolute atomic E-state index is 13.3. The molecule has 29 heavy (non-hydrogen) atoms. The number of carbonyl (C=O) groups excluding carboxylic acids is 1. The SMILES string of the molecule is COc1cccc(CNC(=O)Nc2c(-c3ccc(F)cc3)[nH]c3ccccc23)c1. The summed E-state index contributed by atoms with van der Waals surface area (Å²) < 4.78 is 18.5. The van der Waals surface area contributed by atoms with Gasteiger partial charge in [-0.1, -0.05) is 30.3 Å². The van der Waals surface area contributed by atoms with Gasteiger partial charge >= 0.3 is 6.03 Å². The number of aromatic nitrogens is 1. The van der Waals surface area contributed by atoms with Crippen LogP contribution in [0.2, 0.25) is 0 Å². The maximum atomic E-state index is 13.3. The summed E-state index contributed by atoms with van der Waals surface area (Å²) in [6, 6.07) is 21.0. The molecule has 0 atom stereocenters. The molecule has 3 aromatic carbocycles. The van der Waals surface area contributed by atoms with E-state index < -0.39 is 0 Å². The molecule has 0 radical (unpaired) electrons. The number of amides is 2. The second-order valence-corrected chi connectivity index (χ2v) is 6.59. The number of benzene rings is 3. The van der Waals surface area contributed by atoms with Gasteiger partial charge in [0.05, 0.1) is 18.5 Å². The van der Waals surface area contributed by atoms with E-state index in [1.807, 2.05) is 48.5 Å². The van der Waals surface area contributed by atoms with E-state index in [1.54, 1.807) is 19.2 Å². The van der Waals surface area contributed by atoms with Crippen LogP contribution in [0, 0.1) is 5.82 Å². The van der Waals surface area contributed by atoms with Crippen molar-refractivity contribution in [1.82, 2.24) is 10.3 Å². The van der Waals surface area contributed by atoms with Crippen LogP contribution in [0.15, 0.2) is 72.8 Å². The Labute approximate surface area is 167 Å². The van der Waals surface area contributed by atoms with Crippen molar-refractivity contribution >= 4 is 22.6 Å². The fourth-order valence-corrected chi connectivity index (χ4v) is 3.23. The van der Waals surface area contributed by atoms with E-state index in [1.165, 1.54) is 12.1 Å². The molecule has 4 aromatic rings. The van der Waals surface area contributed by atoms with Gasteiger partial charge < -0.3 is 20.4 Å². The predicted molar refractivity (Wildman–Crippen MR) is 113 cm³/mol. The third-order valence-corrected chi connectivity index (χ3v) is 4.66. The van der Waals surface area contributed by atoms with Crippen LogP contribution in [0.4, 0.5) is 14.9 Å². The van der Waals surface area contributed by atoms with Crippen LogP contribution in [-0.2, 0) is 6.54 Å². The number of fused-ring (bicyclic) bond motifs is 1. The van der Waals surface area contributed by atoms with Gasteiger partial charge in [-0.3, -0.25) is 0 Å². The predicted octanol–water partition coefficient (Wildman–Crippen LogP) is 5.30. The van der Waals surface area contributed by atoms with Crippen LogP contribution in [0.3, 0.4) is 0 Å². The number of rotatable bonds is 5. The van der Waals surface area contributed by atoms with Crippen molar-refractivity contribution in [2.75, 3.05) is 12.4 Å². The molecule has 0 spiro atoms. The highest BCUT2D eigenvalue weighted by Crippen LogP contribution is 2.35. The van der Waals surface area contributed by atoms with E-state index in [2.05, 4.69) is 15.6 Å². The highest BCUT2D eigenvalue weighted by molar-refractivity contribution is 6.07. The third kappa shape index (κ3) is 4.06. The Morgan fingerprint density at radius 3 is 2.62 bits per heavy atom. The summed E-state index contributed by atoms with van der Waals surface area (Å²) in [5, 5.41) is 6.68. The first-order valence-corrected chi connectivity index (χ1v) is 9.18. The molecule has 1 aromatic heterocycles. The number of para-hydroxylation sites is 1. The number of H-pyrrole nitrogens is 1. The fraction of sp³-hybridized carbons (Fsp3) is 0.0870. The van der Waals surface area contributed by atoms with E-state index in [-0.39, 0.29) is 11.8 Å². The Bertz CT molecular complexity index is 1150. The minimum absolute atomic E-state index is 0.310. The molecule has 2 amide bonds. The molecule has 6 heteroatoms. The summed E-state index contributed by atoms with van der Waals surface area (Å²) in [6.45, 7) is 0.358. The number of aromatic amines is 1. The number of halogens is 1. The molecule has 4 rings (SSSR count). The number of ether oxygens (including phenoxy) is 1. The van der Waals surface area contributed by atoms with Gasteiger partial charge in [0.25, 0.3) is 0 Å². The molecule has 146 valence electrons. The average Bonchev–Trinajstić information content (AvgIpc) is 3.11. The lowest BCUT2D eigenvalue weighted by Crippen LogP contribution is -2.28. The molecule has 3 N–H and O–H groups in total. The van der Waals surface area contributed by atoms with E-state index >= 15 is 0 Å². The summed E-state index contributed by atoms with van der Waals surface area (Å²) in [4.78, 5) is 15.9. The van der Waals surface area contributed by atoms with Crippen molar-refractivity contribution in [3.8, 4) is 17.0 Å². The van der Waals surface area contributed by atoms with Crippen LogP contribution in [0.25, 0.3) is 22.2 Å². The summed E-state index contributed by atoms with van der Waals surface area (Å²) in [5.41, 5.74) is 3.97. The van der Waals surface area contributed by atoms with Gasteiger partial charge in [-0.05, 0) is 48.0 Å². The zero-order chi connectivity index (χ0) is 20.2. The molecule has 5 nitrogen and oxygen atoms in total. The zero-order valence-corrected chi connectivity index (χ0v) is 15.8. The number of nitrogens with one attached hydrogen (secondary N) is 3. The monoisotopic (exact) mass is 389 g/mol. The molecule has 0 unspecified atom stereocenters. The van der Waals surface area contributed by atoms with Crippen LogP contribution < -0.4 is 15.4 Å². The molecule has 0 saturated heterocycles. The lowest BCUT2D eigenvalue weighted by Gasteiger charge is -2.10. The minimum Gasteiger partial charge on any atom is -0.497 e. The van der Waals surface area contributed by atoms with Gasteiger partial charge in [-0.15, -0.1) is 0 Å². The normalized spacial score (nSPS) is 10.7. The first-order valence-electron chi connectivity index (χ1n) is 9.18. The molecule has 0 aliphatic rings. The number of carbonyl (C=O) groups is 1. The second-order valence-electron chi connectivity index (χ2n) is 6.59. The lowest BCUT2D eigenvalue weighted by atomic mass is 10.1. The third-order valence-electron chi connectivity index (χ3n) is 4.66. The standard InChI is InChI=1S/C23H20FN3O2/c1-29-18-6-4-5-15(13-18)14-25-23(28)27-22-19-7-2-3-8-20(19)26-21(22)16-9-11-17(24)12-10-16/h2-13,26H,14H2,1H3,(H2,25,27,28). The molecular formula is C23H20FN3O2. The highest BCUT2D eigenvalue weighted by Gasteiger charge is 2.15. The summed E-state index contributed by atoms with van der Waals surface area (Å²) >= 11 is 0. The zero-order valence-electron chi connectivity index (χ0n) is 15.8. The van der Waals surface area contributed by atoms with E-state index in [9.17, 15) is 9.18 Å². The van der Waals surface area contributed by atoms with E-state index in [0.717, 1.165) is 33.5 Å². The van der Waals surface area contributed by atoms with Gasteiger partial charge in [0.15, 0.2) is 0 Å². The van der Waals surface area contributed by atoms with Crippen molar-refractivity contribution in [1.29, 1.82) is 0 Å². The van der Waals surface area contributed by atoms with Crippen LogP contribution >= 0.6 is 0 Å². The molecule has 1 heterocycles. The molecular weight excluding hydrogens is 369 g/mol. The quantitative estimate of drug-likeness (QED) is 0.433. The minimum atomic E-state index is -0.332. The van der Waals surface area contributed by atoms with Crippen molar-refractivity contribution in [3.05, 3.63) is 84.2 Å². The lowest BCUT2D eigenvalue weighted by molar-refractivity contribution is 0.252. The van der Waals surface area contributed by atoms with Gasteiger partial charge in [-0.2, -0.15) is 0 Å². The van der Waals surface area contributed by atoms with Crippen LogP contribution in [-0.4, -0.2) is 18.1 Å². The molecule has 0 saturated carbocycles. The van der Waals surface area contributed by atoms with Crippen molar-refractivity contribution in [2.24, 2.45) is 0 Å². The Hall–Kier alpha value is -3.80. The summed E-state index contributed by atoms with van der Waals surface area (Å²) in [5.74, 6) is 0.426. The van der Waals surface area contributed by atoms with E-state index in [0.29, 0.717) is 12.2 Å². The number of anilines is 1. The Morgan fingerprint density at radius 1 is 1.03 bits per heavy atom. The average molecular weight is 389 g/mol. The van der Waals surface area contributed by atoms with Gasteiger partial charge in [-0.25, -0.2) is 9.18 Å². The fourth-order valence-electron chi connectivity index (χ4n) is 3.23. The number of hydrogen-bond acceptors (Lipinski definition) is 2. The summed E-state index contributed by atoms with van der Waals surface area (Å²) in [7, 11) is 1.60. The van der Waals surface area contributed by atoms with Gasteiger partial charge in [0.2, 0.25) is 0 Å². The largest absolute Gasteiger partial charge is 0.497 e. The first-order chi connectivity index (χ1) is 14.1. The van der Waals surface area contributed by atoms with Crippen molar-refractivity contribution < 1.29 is 13.9 Å². The number of urea groups is 1. The molecule has 0 aliphatic carbocycles. The smallest absolute Gasteiger partial charge is 0.319 e. The van der Waals surface area contributed by atoms with Crippen molar-refractivity contribution in [3.63, 3.8) is 0 Å². The van der Waals surface area contributed by atoms with Crippen LogP contribution in [0.5, 0.6) is 5.75 Å². The number of methoxy groups -OCH3 is 1. The first kappa shape index (κ1) is 18.6. The molecule has 0 fully saturated rings. The molecule has 0 aliphatic heterocycles. The Kier molecular flexibility index (Phi) is 5.16. The van der Waals surface area contributed by atoms with Crippen molar-refractivity contribution in [2.45, 2.75) is 6.54 Å². The Balaban J connectivity index is 1.58. The van der Waals surface area contributed by atoms with Gasteiger partial charge in [0.1, 0.15) is 11.6 Å². The second kappa shape index (κ2) is 8.06. The van der Waals surface area contributed by atoms with E-state index in [4.69, 9.17) is 4.74 Å². The topological polar surface area (TPSA) is 66.2 Å². The van der Waals surface area contributed by atoms with Crippen LogP contribution in [0.1, 0.15) is 5.56 Å². The summed E-state index contributed by atoms with van der Waals surface area (Å²) in [6.07, 6.45) is 0. The Morgan fingerprint density at radius 2 is 1.83 bits per heavy atom. The molecule has 0 bridgehead atoms.